The Hall–Kier alpha value is -0.320. The van der Waals surface area contributed by atoms with Gasteiger partial charge < -0.3 is 15.4 Å². The van der Waals surface area contributed by atoms with E-state index in [-0.39, 0.29) is 41.8 Å². The van der Waals surface area contributed by atoms with Gasteiger partial charge in [0.2, 0.25) is 5.91 Å². The van der Waals surface area contributed by atoms with E-state index < -0.39 is 0 Å². The Morgan fingerprint density at radius 3 is 2.42 bits per heavy atom. The molecule has 0 aliphatic heterocycles. The molecule has 0 aromatic rings. The number of carbonyl (C=O) groups is 1. The van der Waals surface area contributed by atoms with Crippen molar-refractivity contribution in [3.05, 3.63) is 0 Å². The van der Waals surface area contributed by atoms with Crippen LogP contribution in [-0.4, -0.2) is 38.8 Å². The maximum atomic E-state index is 12.1. The highest BCUT2D eigenvalue weighted by atomic mass is 35.5. The predicted molar refractivity (Wildman–Crippen MR) is 80.7 cm³/mol. The van der Waals surface area contributed by atoms with E-state index in [2.05, 4.69) is 24.5 Å². The molecule has 3 atom stereocenters. The van der Waals surface area contributed by atoms with E-state index in [9.17, 15) is 4.79 Å². The second-order valence-corrected chi connectivity index (χ2v) is 5.42. The summed E-state index contributed by atoms with van der Waals surface area (Å²) < 4.78 is 5.54. The number of nitrogens with one attached hydrogen (secondary N) is 2. The summed E-state index contributed by atoms with van der Waals surface area (Å²) in [6.45, 7) is 7.05. The Balaban J connectivity index is 0.00000324. The number of carbonyl (C=O) groups excluding carboxylic acids is 1. The zero-order chi connectivity index (χ0) is 13.8. The highest BCUT2D eigenvalue weighted by Gasteiger charge is 2.53. The zero-order valence-corrected chi connectivity index (χ0v) is 13.6. The van der Waals surface area contributed by atoms with Crippen LogP contribution < -0.4 is 10.6 Å². The van der Waals surface area contributed by atoms with Gasteiger partial charge in [0, 0.05) is 31.0 Å². The van der Waals surface area contributed by atoms with Gasteiger partial charge in [-0.2, -0.15) is 0 Å². The van der Waals surface area contributed by atoms with Gasteiger partial charge in [-0.05, 0) is 26.3 Å². The minimum absolute atomic E-state index is 0. The van der Waals surface area contributed by atoms with Crippen LogP contribution in [0.2, 0.25) is 0 Å². The second-order valence-electron chi connectivity index (χ2n) is 5.42. The molecule has 1 aliphatic carbocycles. The van der Waals surface area contributed by atoms with Crippen molar-refractivity contribution in [2.24, 2.45) is 11.3 Å². The number of methoxy groups -OCH3 is 1. The lowest BCUT2D eigenvalue weighted by molar-refractivity contribution is -0.143. The van der Waals surface area contributed by atoms with Gasteiger partial charge in [0.15, 0.2) is 0 Å². The summed E-state index contributed by atoms with van der Waals surface area (Å²) in [6, 6.07) is 0.268. The molecule has 19 heavy (non-hydrogen) atoms. The number of halogens is 1. The molecule has 3 unspecified atom stereocenters. The summed E-state index contributed by atoms with van der Waals surface area (Å²) in [7, 11) is 3.64. The summed E-state index contributed by atoms with van der Waals surface area (Å²) in [5.74, 6) is 0.165. The second kappa shape index (κ2) is 8.08. The molecular formula is C14H29ClN2O2. The van der Waals surface area contributed by atoms with E-state index in [1.54, 1.807) is 7.11 Å². The summed E-state index contributed by atoms with van der Waals surface area (Å²) in [5, 5.41) is 6.24. The Labute approximate surface area is 123 Å². The van der Waals surface area contributed by atoms with Gasteiger partial charge in [-0.1, -0.05) is 20.8 Å². The molecule has 1 fully saturated rings. The highest BCUT2D eigenvalue weighted by Crippen LogP contribution is 2.48. The fraction of sp³-hybridized carbons (Fsp3) is 0.929. The molecule has 0 aromatic heterocycles. The first-order chi connectivity index (χ1) is 8.55. The van der Waals surface area contributed by atoms with Crippen molar-refractivity contribution in [2.45, 2.75) is 52.2 Å². The van der Waals surface area contributed by atoms with Gasteiger partial charge in [0.05, 0.1) is 6.10 Å². The van der Waals surface area contributed by atoms with Crippen molar-refractivity contribution in [1.82, 2.24) is 10.6 Å². The normalized spacial score (nSPS) is 25.9. The van der Waals surface area contributed by atoms with Crippen molar-refractivity contribution in [2.75, 3.05) is 20.7 Å². The molecule has 0 radical (unpaired) electrons. The van der Waals surface area contributed by atoms with Crippen LogP contribution >= 0.6 is 12.4 Å². The van der Waals surface area contributed by atoms with Gasteiger partial charge in [0.25, 0.3) is 0 Å². The third-order valence-electron chi connectivity index (χ3n) is 4.66. The van der Waals surface area contributed by atoms with Gasteiger partial charge in [-0.15, -0.1) is 12.4 Å². The first-order valence-electron chi connectivity index (χ1n) is 7.03. The van der Waals surface area contributed by atoms with E-state index in [0.29, 0.717) is 0 Å². The summed E-state index contributed by atoms with van der Waals surface area (Å²) in [6.07, 6.45) is 3.33. The number of rotatable bonds is 7. The maximum Gasteiger partial charge on any atom is 0.224 e. The Bertz CT molecular complexity index is 283. The first-order valence-corrected chi connectivity index (χ1v) is 7.03. The molecule has 1 saturated carbocycles. The van der Waals surface area contributed by atoms with Crippen LogP contribution in [0.3, 0.4) is 0 Å². The third kappa shape index (κ3) is 3.61. The lowest BCUT2D eigenvalue weighted by Gasteiger charge is -2.55. The molecule has 0 heterocycles. The SMILES string of the molecule is CCC1(CC)C(NC(=O)C(C)CNC)CC1OC.Cl. The molecule has 4 nitrogen and oxygen atoms in total. The molecule has 0 aromatic carbocycles. The Kier molecular flexibility index (Phi) is 7.94. The van der Waals surface area contributed by atoms with Crippen molar-refractivity contribution >= 4 is 18.3 Å². The molecule has 1 amide bonds. The van der Waals surface area contributed by atoms with Crippen LogP contribution in [-0.2, 0) is 9.53 Å². The molecule has 1 rings (SSSR count). The lowest BCUT2D eigenvalue weighted by atomic mass is 9.58. The highest BCUT2D eigenvalue weighted by molar-refractivity contribution is 5.85. The van der Waals surface area contributed by atoms with E-state index in [1.807, 2.05) is 14.0 Å². The standard InChI is InChI=1S/C14H28N2O2.ClH/c1-6-14(7-2)11(8-12(14)18-5)16-13(17)10(3)9-15-4;/h10-12,15H,6-9H2,1-5H3,(H,16,17);1H. The van der Waals surface area contributed by atoms with Crippen LogP contribution in [0.4, 0.5) is 0 Å². The number of amides is 1. The Morgan fingerprint density at radius 2 is 2.00 bits per heavy atom. The molecule has 2 N–H and O–H groups in total. The van der Waals surface area contributed by atoms with Crippen molar-refractivity contribution < 1.29 is 9.53 Å². The van der Waals surface area contributed by atoms with E-state index in [1.165, 1.54) is 0 Å². The molecule has 5 heteroatoms. The molecule has 114 valence electrons. The zero-order valence-electron chi connectivity index (χ0n) is 12.8. The third-order valence-corrected chi connectivity index (χ3v) is 4.66. The van der Waals surface area contributed by atoms with E-state index in [4.69, 9.17) is 4.74 Å². The van der Waals surface area contributed by atoms with Crippen LogP contribution in [0.25, 0.3) is 0 Å². The fourth-order valence-corrected chi connectivity index (χ4v) is 3.19. The van der Waals surface area contributed by atoms with Gasteiger partial charge >= 0.3 is 0 Å². The Morgan fingerprint density at radius 1 is 1.42 bits per heavy atom. The number of ether oxygens (including phenoxy) is 1. The largest absolute Gasteiger partial charge is 0.381 e. The maximum absolute atomic E-state index is 12.1. The van der Waals surface area contributed by atoms with Gasteiger partial charge in [0.1, 0.15) is 0 Å². The average molecular weight is 293 g/mol. The smallest absolute Gasteiger partial charge is 0.224 e. The topological polar surface area (TPSA) is 50.4 Å². The average Bonchev–Trinajstić information content (AvgIpc) is 2.35. The molecule has 0 saturated heterocycles. The molecule has 1 aliphatic rings. The summed E-state index contributed by atoms with van der Waals surface area (Å²) >= 11 is 0. The minimum Gasteiger partial charge on any atom is -0.381 e. The summed E-state index contributed by atoms with van der Waals surface area (Å²) in [5.41, 5.74) is 0.129. The van der Waals surface area contributed by atoms with E-state index in [0.717, 1.165) is 25.8 Å². The monoisotopic (exact) mass is 292 g/mol. The molecular weight excluding hydrogens is 264 g/mol. The van der Waals surface area contributed by atoms with Gasteiger partial charge in [-0.25, -0.2) is 0 Å². The van der Waals surface area contributed by atoms with E-state index >= 15 is 0 Å². The quantitative estimate of drug-likeness (QED) is 0.754. The molecule has 0 spiro atoms. The lowest BCUT2D eigenvalue weighted by Crippen LogP contribution is -2.64. The van der Waals surface area contributed by atoms with Crippen molar-refractivity contribution in [3.63, 3.8) is 0 Å². The van der Waals surface area contributed by atoms with Crippen molar-refractivity contribution in [3.8, 4) is 0 Å². The fourth-order valence-electron chi connectivity index (χ4n) is 3.19. The van der Waals surface area contributed by atoms with Crippen LogP contribution in [0.5, 0.6) is 0 Å². The van der Waals surface area contributed by atoms with Crippen LogP contribution in [0, 0.1) is 11.3 Å². The predicted octanol–water partition coefficient (Wildman–Crippen LogP) is 1.97. The minimum atomic E-state index is 0. The van der Waals surface area contributed by atoms with Crippen LogP contribution in [0.15, 0.2) is 0 Å². The van der Waals surface area contributed by atoms with Crippen molar-refractivity contribution in [1.29, 1.82) is 0 Å². The number of hydrogen-bond donors (Lipinski definition) is 2. The number of hydrogen-bond acceptors (Lipinski definition) is 3. The van der Waals surface area contributed by atoms with Gasteiger partial charge in [-0.3, -0.25) is 4.79 Å². The molecule has 0 bridgehead atoms. The summed E-state index contributed by atoms with van der Waals surface area (Å²) in [4.78, 5) is 12.1. The van der Waals surface area contributed by atoms with Crippen LogP contribution in [0.1, 0.15) is 40.0 Å². The first kappa shape index (κ1) is 18.7.